The minimum Gasteiger partial charge on any atom is -0.469 e. The molecule has 64 valence electrons. The molecule has 11 heavy (non-hydrogen) atoms. The van der Waals surface area contributed by atoms with Crippen molar-refractivity contribution in [1.29, 1.82) is 0 Å². The number of esters is 1. The lowest BCUT2D eigenvalue weighted by Gasteiger charge is -1.95. The number of ether oxygens (including phenoxy) is 1. The van der Waals surface area contributed by atoms with E-state index in [0.717, 1.165) is 0 Å². The maximum absolute atomic E-state index is 11.0. The van der Waals surface area contributed by atoms with Gasteiger partial charge in [-0.15, -0.1) is 0 Å². The van der Waals surface area contributed by atoms with Gasteiger partial charge >= 0.3 is 11.9 Å². The Balaban J connectivity index is 3.27. The van der Waals surface area contributed by atoms with Crippen LogP contribution < -0.4 is 0 Å². The Labute approximate surface area is 63.2 Å². The third kappa shape index (κ3) is 5.32. The maximum Gasteiger partial charge on any atom is 0.348 e. The summed E-state index contributed by atoms with van der Waals surface area (Å²) < 4.78 is 15.3. The van der Waals surface area contributed by atoms with E-state index in [-0.39, 0.29) is 19.3 Å². The number of methoxy groups -OCH3 is 1. The summed E-state index contributed by atoms with van der Waals surface area (Å²) in [6, 6.07) is 0. The molecular weight excluding hydrogens is 155 g/mol. The molecule has 0 rings (SSSR count). The Morgan fingerprint density at radius 3 is 2.27 bits per heavy atom. The molecule has 0 unspecified atom stereocenters. The number of carbonyl (C=O) groups excluding carboxylic acids is 2. The number of carbonyl (C=O) groups is 2. The van der Waals surface area contributed by atoms with Crippen molar-refractivity contribution < 1.29 is 23.8 Å². The number of rotatable bonds is 4. The summed E-state index contributed by atoms with van der Waals surface area (Å²) in [5, 5.41) is 0. The zero-order chi connectivity index (χ0) is 8.69. The van der Waals surface area contributed by atoms with Gasteiger partial charge in [-0.25, -0.2) is 4.79 Å². The van der Waals surface area contributed by atoms with Crippen LogP contribution in [-0.2, 0) is 19.3 Å². The van der Waals surface area contributed by atoms with E-state index >= 15 is 0 Å². The monoisotopic (exact) mass is 164 g/mol. The summed E-state index contributed by atoms with van der Waals surface area (Å²) in [7, 11) is 1.25. The van der Waals surface area contributed by atoms with Crippen LogP contribution in [0.15, 0.2) is 0 Å². The average molecular weight is 164 g/mol. The molecule has 0 N–H and O–H groups in total. The molecule has 0 radical (unpaired) electrons. The first-order chi connectivity index (χ1) is 5.20. The van der Waals surface area contributed by atoms with Gasteiger partial charge in [-0.05, 0) is 6.42 Å². The van der Waals surface area contributed by atoms with Crippen LogP contribution in [0.4, 0.5) is 4.53 Å². The predicted molar refractivity (Wildman–Crippen MR) is 33.1 cm³/mol. The molecule has 0 bridgehead atoms. The molecule has 0 amide bonds. The summed E-state index contributed by atoms with van der Waals surface area (Å²) in [6.45, 7) is 0. The Morgan fingerprint density at radius 1 is 1.27 bits per heavy atom. The lowest BCUT2D eigenvalue weighted by atomic mass is 10.2. The van der Waals surface area contributed by atoms with E-state index in [4.69, 9.17) is 0 Å². The molecule has 0 aromatic heterocycles. The van der Waals surface area contributed by atoms with Gasteiger partial charge in [0.2, 0.25) is 0 Å². The molecule has 0 aliphatic carbocycles. The maximum atomic E-state index is 11.0. The van der Waals surface area contributed by atoms with E-state index in [1.165, 1.54) is 7.11 Å². The van der Waals surface area contributed by atoms with Crippen molar-refractivity contribution in [3.63, 3.8) is 0 Å². The Morgan fingerprint density at radius 2 is 1.82 bits per heavy atom. The van der Waals surface area contributed by atoms with Crippen molar-refractivity contribution in [2.45, 2.75) is 19.3 Å². The van der Waals surface area contributed by atoms with E-state index in [9.17, 15) is 14.1 Å². The fourth-order valence-electron chi connectivity index (χ4n) is 0.518. The third-order valence-corrected chi connectivity index (χ3v) is 1.08. The lowest BCUT2D eigenvalue weighted by molar-refractivity contribution is -0.183. The predicted octanol–water partition coefficient (Wildman–Crippen LogP) is 0.757. The molecular formula is C6H9FO4. The highest BCUT2D eigenvalue weighted by molar-refractivity contribution is 5.72. The van der Waals surface area contributed by atoms with Crippen LogP contribution >= 0.6 is 0 Å². The molecule has 0 aliphatic heterocycles. The molecule has 0 aromatic carbocycles. The number of halogens is 1. The number of hydrogen-bond acceptors (Lipinski definition) is 4. The molecule has 0 aliphatic rings. The van der Waals surface area contributed by atoms with E-state index in [0.29, 0.717) is 0 Å². The molecule has 0 saturated carbocycles. The van der Waals surface area contributed by atoms with Crippen molar-refractivity contribution >= 4 is 11.9 Å². The Kier molecular flexibility index (Phi) is 5.06. The largest absolute Gasteiger partial charge is 0.469 e. The SMILES string of the molecule is COC(=O)CCCC(=O)OF. The average Bonchev–Trinajstić information content (AvgIpc) is 2.04. The highest BCUT2D eigenvalue weighted by Gasteiger charge is 2.05. The number of hydrogen-bond donors (Lipinski definition) is 0. The first-order valence-corrected chi connectivity index (χ1v) is 3.09. The first kappa shape index (κ1) is 9.87. The van der Waals surface area contributed by atoms with Crippen molar-refractivity contribution in [2.75, 3.05) is 7.11 Å². The summed E-state index contributed by atoms with van der Waals surface area (Å²) in [5.74, 6) is -1.38. The van der Waals surface area contributed by atoms with Crippen LogP contribution in [0, 0.1) is 0 Å². The molecule has 4 nitrogen and oxygen atoms in total. The van der Waals surface area contributed by atoms with Crippen LogP contribution in [0.1, 0.15) is 19.3 Å². The minimum absolute atomic E-state index is 0.103. The van der Waals surface area contributed by atoms with E-state index in [1.807, 2.05) is 0 Å². The quantitative estimate of drug-likeness (QED) is 0.575. The Bertz CT molecular complexity index is 130. The van der Waals surface area contributed by atoms with Crippen LogP contribution in [0.3, 0.4) is 0 Å². The molecule has 5 heteroatoms. The van der Waals surface area contributed by atoms with Gasteiger partial charge in [0.05, 0.1) is 7.11 Å². The normalized spacial score (nSPS) is 8.91. The van der Waals surface area contributed by atoms with Crippen LogP contribution in [0.2, 0.25) is 0 Å². The summed E-state index contributed by atoms with van der Waals surface area (Å²) in [5.41, 5.74) is 0. The molecule has 0 atom stereocenters. The fraction of sp³-hybridized carbons (Fsp3) is 0.667. The Hall–Kier alpha value is -1.13. The molecule has 0 fully saturated rings. The van der Waals surface area contributed by atoms with E-state index in [1.54, 1.807) is 0 Å². The first-order valence-electron chi connectivity index (χ1n) is 3.09. The van der Waals surface area contributed by atoms with Gasteiger partial charge in [0, 0.05) is 17.4 Å². The van der Waals surface area contributed by atoms with Crippen molar-refractivity contribution in [2.24, 2.45) is 0 Å². The van der Waals surface area contributed by atoms with Gasteiger partial charge in [0.1, 0.15) is 0 Å². The van der Waals surface area contributed by atoms with Gasteiger partial charge < -0.3 is 4.74 Å². The molecule has 0 aromatic rings. The second-order valence-electron chi connectivity index (χ2n) is 1.88. The van der Waals surface area contributed by atoms with Crippen LogP contribution in [0.25, 0.3) is 0 Å². The van der Waals surface area contributed by atoms with Gasteiger partial charge in [-0.2, -0.15) is 0 Å². The standard InChI is InChI=1S/C6H9FO4/c1-10-5(8)3-2-4-6(9)11-7/h2-4H2,1H3. The van der Waals surface area contributed by atoms with Crippen molar-refractivity contribution in [3.8, 4) is 0 Å². The van der Waals surface area contributed by atoms with E-state index < -0.39 is 11.9 Å². The smallest absolute Gasteiger partial charge is 0.348 e. The molecule has 0 spiro atoms. The highest BCUT2D eigenvalue weighted by Crippen LogP contribution is 1.98. The van der Waals surface area contributed by atoms with Crippen molar-refractivity contribution in [1.82, 2.24) is 0 Å². The topological polar surface area (TPSA) is 52.6 Å². The van der Waals surface area contributed by atoms with E-state index in [2.05, 4.69) is 9.68 Å². The third-order valence-electron chi connectivity index (χ3n) is 1.08. The minimum atomic E-state index is -0.964. The fourth-order valence-corrected chi connectivity index (χ4v) is 0.518. The lowest BCUT2D eigenvalue weighted by Crippen LogP contribution is -2.03. The van der Waals surface area contributed by atoms with Gasteiger partial charge in [-0.1, -0.05) is 0 Å². The molecule has 0 saturated heterocycles. The highest BCUT2D eigenvalue weighted by atomic mass is 19.3. The second kappa shape index (κ2) is 5.64. The summed E-state index contributed by atoms with van der Waals surface area (Å²) in [4.78, 5) is 23.4. The van der Waals surface area contributed by atoms with Gasteiger partial charge in [0.15, 0.2) is 0 Å². The summed E-state index contributed by atoms with van der Waals surface area (Å²) in [6.07, 6.45) is 0.243. The second-order valence-corrected chi connectivity index (χ2v) is 1.88. The summed E-state index contributed by atoms with van der Waals surface area (Å²) >= 11 is 0. The van der Waals surface area contributed by atoms with Crippen LogP contribution in [0.5, 0.6) is 0 Å². The van der Waals surface area contributed by atoms with Crippen molar-refractivity contribution in [3.05, 3.63) is 0 Å². The molecule has 0 heterocycles. The van der Waals surface area contributed by atoms with Gasteiger partial charge in [0.25, 0.3) is 0 Å². The van der Waals surface area contributed by atoms with Gasteiger partial charge in [-0.3, -0.25) is 9.74 Å². The van der Waals surface area contributed by atoms with Crippen LogP contribution in [-0.4, -0.2) is 19.0 Å². The zero-order valence-corrected chi connectivity index (χ0v) is 6.13. The zero-order valence-electron chi connectivity index (χ0n) is 6.13.